The predicted octanol–water partition coefficient (Wildman–Crippen LogP) is 3.52. The summed E-state index contributed by atoms with van der Waals surface area (Å²) >= 11 is 12.3. The molecule has 0 aromatic heterocycles. The van der Waals surface area contributed by atoms with E-state index in [-0.39, 0.29) is 24.3 Å². The first-order valence-electron chi connectivity index (χ1n) is 8.05. The van der Waals surface area contributed by atoms with Crippen LogP contribution in [0.25, 0.3) is 0 Å². The van der Waals surface area contributed by atoms with Crippen molar-refractivity contribution in [3.63, 3.8) is 0 Å². The topological polar surface area (TPSA) is 58.6 Å². The highest BCUT2D eigenvalue weighted by Gasteiger charge is 2.27. The Morgan fingerprint density at radius 1 is 1.29 bits per heavy atom. The summed E-state index contributed by atoms with van der Waals surface area (Å²) < 4.78 is 5.05. The van der Waals surface area contributed by atoms with Crippen LogP contribution >= 0.6 is 23.2 Å². The smallest absolute Gasteiger partial charge is 0.309 e. The fourth-order valence-corrected chi connectivity index (χ4v) is 3.21. The minimum Gasteiger partial charge on any atom is -0.466 e. The molecule has 1 aromatic carbocycles. The average Bonchev–Trinajstić information content (AvgIpc) is 2.56. The molecule has 2 rings (SSSR count). The summed E-state index contributed by atoms with van der Waals surface area (Å²) in [6.45, 7) is 5.68. The summed E-state index contributed by atoms with van der Waals surface area (Å²) in [5.41, 5.74) is 1.30. The molecule has 1 aromatic rings. The van der Waals surface area contributed by atoms with Gasteiger partial charge >= 0.3 is 5.97 Å². The van der Waals surface area contributed by atoms with Crippen molar-refractivity contribution < 1.29 is 14.3 Å². The summed E-state index contributed by atoms with van der Waals surface area (Å²) in [6.07, 6.45) is 1.41. The number of amides is 1. The third kappa shape index (κ3) is 4.85. The molecule has 0 saturated carbocycles. The molecular weight excluding hydrogens is 351 g/mol. The van der Waals surface area contributed by atoms with Crippen LogP contribution in [0.5, 0.6) is 0 Å². The molecule has 5 nitrogen and oxygen atoms in total. The maximum Gasteiger partial charge on any atom is 0.309 e. The molecule has 0 radical (unpaired) electrons. The molecule has 1 aliphatic rings. The van der Waals surface area contributed by atoms with Crippen molar-refractivity contribution in [2.75, 3.05) is 31.6 Å². The van der Waals surface area contributed by atoms with E-state index in [1.54, 1.807) is 19.1 Å². The first-order chi connectivity index (χ1) is 11.4. The van der Waals surface area contributed by atoms with Crippen LogP contribution in [0.3, 0.4) is 0 Å². The summed E-state index contributed by atoms with van der Waals surface area (Å²) in [6, 6.07) is 3.52. The molecule has 1 aliphatic heterocycles. The van der Waals surface area contributed by atoms with Crippen molar-refractivity contribution in [1.29, 1.82) is 0 Å². The van der Waals surface area contributed by atoms with E-state index >= 15 is 0 Å². The molecule has 24 heavy (non-hydrogen) atoms. The van der Waals surface area contributed by atoms with Crippen molar-refractivity contribution in [2.24, 2.45) is 5.92 Å². The van der Waals surface area contributed by atoms with Crippen LogP contribution in [0.1, 0.15) is 25.3 Å². The van der Waals surface area contributed by atoms with E-state index in [9.17, 15) is 9.59 Å². The lowest BCUT2D eigenvalue weighted by molar-refractivity contribution is -0.149. The van der Waals surface area contributed by atoms with E-state index in [2.05, 4.69) is 5.32 Å². The number of nitrogens with one attached hydrogen (secondary N) is 1. The van der Waals surface area contributed by atoms with Crippen molar-refractivity contribution in [3.8, 4) is 0 Å². The highest BCUT2D eigenvalue weighted by molar-refractivity contribution is 6.40. The Hall–Kier alpha value is -1.30. The Labute approximate surface area is 152 Å². The molecule has 1 fully saturated rings. The lowest BCUT2D eigenvalue weighted by atomic mass is 9.97. The zero-order chi connectivity index (χ0) is 17.7. The zero-order valence-corrected chi connectivity index (χ0v) is 15.4. The van der Waals surface area contributed by atoms with Gasteiger partial charge in [0.25, 0.3) is 0 Å². The fraction of sp³-hybridized carbons (Fsp3) is 0.529. The van der Waals surface area contributed by atoms with Gasteiger partial charge in [0, 0.05) is 0 Å². The van der Waals surface area contributed by atoms with Crippen LogP contribution in [-0.2, 0) is 14.3 Å². The van der Waals surface area contributed by atoms with Crippen LogP contribution in [-0.4, -0.2) is 43.0 Å². The SMILES string of the molecule is CCOC(=O)C1CCN(CC(=O)Nc2c(Cl)ccc(C)c2Cl)CC1. The van der Waals surface area contributed by atoms with Gasteiger partial charge in [-0.05, 0) is 51.4 Å². The summed E-state index contributed by atoms with van der Waals surface area (Å²) in [5, 5.41) is 3.66. The maximum absolute atomic E-state index is 12.3. The summed E-state index contributed by atoms with van der Waals surface area (Å²) in [7, 11) is 0. The number of carbonyl (C=O) groups excluding carboxylic acids is 2. The molecule has 132 valence electrons. The predicted molar refractivity (Wildman–Crippen MR) is 95.6 cm³/mol. The van der Waals surface area contributed by atoms with Crippen molar-refractivity contribution in [3.05, 3.63) is 27.7 Å². The van der Waals surface area contributed by atoms with E-state index < -0.39 is 0 Å². The molecule has 1 heterocycles. The molecule has 0 atom stereocenters. The van der Waals surface area contributed by atoms with Gasteiger partial charge < -0.3 is 10.1 Å². The third-order valence-corrected chi connectivity index (χ3v) is 4.93. The number of esters is 1. The van der Waals surface area contributed by atoms with Crippen molar-refractivity contribution >= 4 is 40.8 Å². The van der Waals surface area contributed by atoms with E-state index in [1.807, 2.05) is 11.8 Å². The van der Waals surface area contributed by atoms with E-state index in [0.717, 1.165) is 5.56 Å². The first-order valence-corrected chi connectivity index (χ1v) is 8.81. The Morgan fingerprint density at radius 3 is 2.58 bits per heavy atom. The number of ether oxygens (including phenoxy) is 1. The largest absolute Gasteiger partial charge is 0.466 e. The Balaban J connectivity index is 1.86. The highest BCUT2D eigenvalue weighted by atomic mass is 35.5. The van der Waals surface area contributed by atoms with Gasteiger partial charge in [-0.1, -0.05) is 29.3 Å². The number of benzene rings is 1. The van der Waals surface area contributed by atoms with Gasteiger partial charge in [0.2, 0.25) is 5.91 Å². The number of hydrogen-bond acceptors (Lipinski definition) is 4. The molecule has 0 aliphatic carbocycles. The van der Waals surface area contributed by atoms with Gasteiger partial charge in [-0.15, -0.1) is 0 Å². The number of likely N-dealkylation sites (tertiary alicyclic amines) is 1. The van der Waals surface area contributed by atoms with Crippen LogP contribution in [0.15, 0.2) is 12.1 Å². The Bertz CT molecular complexity index is 614. The monoisotopic (exact) mass is 372 g/mol. The van der Waals surface area contributed by atoms with Gasteiger partial charge in [0.05, 0.1) is 34.8 Å². The van der Waals surface area contributed by atoms with Crippen LogP contribution in [0.4, 0.5) is 5.69 Å². The Kier molecular flexibility index (Phi) is 6.90. The number of aryl methyl sites for hydroxylation is 1. The average molecular weight is 373 g/mol. The number of rotatable bonds is 5. The van der Waals surface area contributed by atoms with Gasteiger partial charge in [-0.3, -0.25) is 14.5 Å². The van der Waals surface area contributed by atoms with Gasteiger partial charge in [0.15, 0.2) is 0 Å². The molecule has 1 saturated heterocycles. The van der Waals surface area contributed by atoms with Crippen LogP contribution in [0.2, 0.25) is 10.0 Å². The zero-order valence-electron chi connectivity index (χ0n) is 13.9. The molecule has 0 spiro atoms. The quantitative estimate of drug-likeness (QED) is 0.803. The summed E-state index contributed by atoms with van der Waals surface area (Å²) in [4.78, 5) is 26.0. The van der Waals surface area contributed by atoms with E-state index in [4.69, 9.17) is 27.9 Å². The third-order valence-electron chi connectivity index (χ3n) is 4.12. The van der Waals surface area contributed by atoms with Crippen LogP contribution in [0, 0.1) is 12.8 Å². The minimum absolute atomic E-state index is 0.0649. The molecule has 7 heteroatoms. The lowest BCUT2D eigenvalue weighted by Crippen LogP contribution is -2.41. The second-order valence-corrected chi connectivity index (χ2v) is 6.69. The number of carbonyl (C=O) groups is 2. The van der Waals surface area contributed by atoms with Gasteiger partial charge in [-0.25, -0.2) is 0 Å². The fourth-order valence-electron chi connectivity index (χ4n) is 2.74. The number of nitrogens with zero attached hydrogens (tertiary/aromatic N) is 1. The number of piperidine rings is 1. The number of halogens is 2. The summed E-state index contributed by atoms with van der Waals surface area (Å²) in [5.74, 6) is -0.371. The molecular formula is C17H22Cl2N2O3. The second kappa shape index (κ2) is 8.70. The lowest BCUT2D eigenvalue weighted by Gasteiger charge is -2.30. The molecule has 0 bridgehead atoms. The van der Waals surface area contributed by atoms with Gasteiger partial charge in [-0.2, -0.15) is 0 Å². The highest BCUT2D eigenvalue weighted by Crippen LogP contribution is 2.32. The minimum atomic E-state index is -0.168. The molecule has 0 unspecified atom stereocenters. The second-order valence-electron chi connectivity index (χ2n) is 5.90. The molecule has 1 amide bonds. The van der Waals surface area contributed by atoms with Gasteiger partial charge in [0.1, 0.15) is 0 Å². The maximum atomic E-state index is 12.3. The Morgan fingerprint density at radius 2 is 1.96 bits per heavy atom. The molecule has 1 N–H and O–H groups in total. The standard InChI is InChI=1S/C17H22Cl2N2O3/c1-3-24-17(23)12-6-8-21(9-7-12)10-14(22)20-16-13(18)5-4-11(2)15(16)19/h4-5,12H,3,6-10H2,1-2H3,(H,20,22). The van der Waals surface area contributed by atoms with E-state index in [0.29, 0.717) is 48.3 Å². The van der Waals surface area contributed by atoms with Crippen molar-refractivity contribution in [1.82, 2.24) is 4.90 Å². The normalized spacial score (nSPS) is 16.0. The number of hydrogen-bond donors (Lipinski definition) is 1. The van der Waals surface area contributed by atoms with Crippen molar-refractivity contribution in [2.45, 2.75) is 26.7 Å². The van der Waals surface area contributed by atoms with E-state index in [1.165, 1.54) is 0 Å². The number of anilines is 1. The first kappa shape index (κ1) is 19.0. The van der Waals surface area contributed by atoms with Crippen LogP contribution < -0.4 is 5.32 Å².